The highest BCUT2D eigenvalue weighted by Crippen LogP contribution is 2.41. The summed E-state index contributed by atoms with van der Waals surface area (Å²) in [7, 11) is 0. The molecule has 0 N–H and O–H groups in total. The molecular formula is C12H23B. The number of hydrogen-bond donors (Lipinski definition) is 0. The quantitative estimate of drug-likeness (QED) is 0.561. The first-order valence-electron chi connectivity index (χ1n) is 6.24. The van der Waals surface area contributed by atoms with E-state index in [0.717, 1.165) is 24.5 Å². The molecule has 1 aliphatic carbocycles. The minimum Gasteiger partial charge on any atom is -0.0718 e. The van der Waals surface area contributed by atoms with Gasteiger partial charge in [0.15, 0.2) is 0 Å². The third-order valence-corrected chi connectivity index (χ3v) is 4.03. The van der Waals surface area contributed by atoms with E-state index in [2.05, 4.69) is 13.8 Å². The molecule has 2 bridgehead atoms. The summed E-state index contributed by atoms with van der Waals surface area (Å²) in [6.45, 7) is 5.85. The van der Waals surface area contributed by atoms with Gasteiger partial charge in [-0.2, -0.15) is 0 Å². The van der Waals surface area contributed by atoms with Crippen LogP contribution in [-0.2, 0) is 0 Å². The summed E-state index contributed by atoms with van der Waals surface area (Å²) < 4.78 is 0. The van der Waals surface area contributed by atoms with Crippen LogP contribution in [0.2, 0.25) is 19.0 Å². The zero-order chi connectivity index (χ0) is 9.26. The second-order valence-electron chi connectivity index (χ2n) is 5.87. The van der Waals surface area contributed by atoms with Gasteiger partial charge in [-0.25, -0.2) is 0 Å². The maximum atomic E-state index is 2.38. The van der Waals surface area contributed by atoms with Crippen molar-refractivity contribution < 1.29 is 0 Å². The van der Waals surface area contributed by atoms with Gasteiger partial charge in [-0.15, -0.1) is 0 Å². The minimum absolute atomic E-state index is 0.920. The van der Waals surface area contributed by atoms with Gasteiger partial charge in [-0.1, -0.05) is 58.0 Å². The van der Waals surface area contributed by atoms with Crippen LogP contribution in [0.3, 0.4) is 0 Å². The molecule has 0 aromatic rings. The predicted molar refractivity (Wildman–Crippen MR) is 60.5 cm³/mol. The molecule has 0 radical (unpaired) electrons. The van der Waals surface area contributed by atoms with Crippen LogP contribution in [0.25, 0.3) is 0 Å². The van der Waals surface area contributed by atoms with Crippen LogP contribution in [0.15, 0.2) is 0 Å². The third-order valence-electron chi connectivity index (χ3n) is 4.03. The van der Waals surface area contributed by atoms with Crippen molar-refractivity contribution in [3.8, 4) is 0 Å². The average molecular weight is 178 g/mol. The summed E-state index contributed by atoms with van der Waals surface area (Å²) in [6, 6.07) is 0. The van der Waals surface area contributed by atoms with E-state index >= 15 is 0 Å². The topological polar surface area (TPSA) is 0 Å². The normalized spacial score (nSPS) is 33.9. The summed E-state index contributed by atoms with van der Waals surface area (Å²) in [5, 5.41) is 0. The Morgan fingerprint density at radius 1 is 1.15 bits per heavy atom. The lowest BCUT2D eigenvalue weighted by molar-refractivity contribution is 0.280. The summed E-state index contributed by atoms with van der Waals surface area (Å²) in [5.41, 5.74) is 0. The van der Waals surface area contributed by atoms with Crippen molar-refractivity contribution in [3.05, 3.63) is 0 Å². The molecule has 2 atom stereocenters. The Morgan fingerprint density at radius 3 is 2.31 bits per heavy atom. The third kappa shape index (κ3) is 2.51. The lowest BCUT2D eigenvalue weighted by Gasteiger charge is -2.38. The van der Waals surface area contributed by atoms with Gasteiger partial charge in [0.25, 0.3) is 0 Å². The monoisotopic (exact) mass is 178 g/mol. The first kappa shape index (κ1) is 9.61. The fourth-order valence-corrected chi connectivity index (χ4v) is 3.73. The highest BCUT2D eigenvalue weighted by molar-refractivity contribution is 6.59. The van der Waals surface area contributed by atoms with E-state index in [9.17, 15) is 0 Å². The van der Waals surface area contributed by atoms with Gasteiger partial charge in [-0.3, -0.25) is 0 Å². The Balaban J connectivity index is 1.86. The van der Waals surface area contributed by atoms with Gasteiger partial charge in [0.05, 0.1) is 0 Å². The zero-order valence-electron chi connectivity index (χ0n) is 9.26. The SMILES string of the molecule is CC(C)CB1CC2CCCC(C1)C2. The van der Waals surface area contributed by atoms with Crippen LogP contribution >= 0.6 is 0 Å². The molecule has 1 heteroatoms. The average Bonchev–Trinajstić information content (AvgIpc) is 2.01. The number of fused-ring (bicyclic) bond motifs is 2. The van der Waals surface area contributed by atoms with Gasteiger partial charge in [0, 0.05) is 0 Å². The van der Waals surface area contributed by atoms with Gasteiger partial charge in [0.2, 0.25) is 0 Å². The first-order chi connectivity index (χ1) is 6.24. The van der Waals surface area contributed by atoms with E-state index in [0.29, 0.717) is 0 Å². The van der Waals surface area contributed by atoms with Crippen LogP contribution in [0.4, 0.5) is 0 Å². The molecule has 74 valence electrons. The largest absolute Gasteiger partial charge is 0.140 e. The van der Waals surface area contributed by atoms with Crippen molar-refractivity contribution in [2.45, 2.75) is 58.5 Å². The molecular weight excluding hydrogens is 155 g/mol. The highest BCUT2D eigenvalue weighted by Gasteiger charge is 2.33. The Hall–Kier alpha value is 0.0649. The lowest BCUT2D eigenvalue weighted by Crippen LogP contribution is -2.32. The molecule has 1 aliphatic heterocycles. The van der Waals surface area contributed by atoms with Crippen molar-refractivity contribution >= 4 is 6.71 Å². The molecule has 2 unspecified atom stereocenters. The van der Waals surface area contributed by atoms with E-state index in [1.54, 1.807) is 31.9 Å². The molecule has 0 amide bonds. The fourth-order valence-electron chi connectivity index (χ4n) is 3.73. The van der Waals surface area contributed by atoms with Crippen LogP contribution in [0.5, 0.6) is 0 Å². The van der Waals surface area contributed by atoms with Crippen LogP contribution < -0.4 is 0 Å². The summed E-state index contributed by atoms with van der Waals surface area (Å²) in [6.07, 6.45) is 10.8. The molecule has 0 nitrogen and oxygen atoms in total. The Kier molecular flexibility index (Phi) is 3.01. The molecule has 1 saturated carbocycles. The molecule has 2 fully saturated rings. The number of hydrogen-bond acceptors (Lipinski definition) is 0. The Labute approximate surface area is 83.6 Å². The molecule has 2 rings (SSSR count). The van der Waals surface area contributed by atoms with Crippen molar-refractivity contribution in [2.24, 2.45) is 17.8 Å². The molecule has 1 saturated heterocycles. The maximum absolute atomic E-state index is 2.38. The van der Waals surface area contributed by atoms with Crippen LogP contribution in [0, 0.1) is 17.8 Å². The van der Waals surface area contributed by atoms with Gasteiger partial charge >= 0.3 is 0 Å². The minimum atomic E-state index is 0.920. The van der Waals surface area contributed by atoms with Crippen molar-refractivity contribution in [1.82, 2.24) is 0 Å². The summed E-state index contributed by atoms with van der Waals surface area (Å²) in [5.74, 6) is 3.16. The molecule has 13 heavy (non-hydrogen) atoms. The highest BCUT2D eigenvalue weighted by atomic mass is 14.3. The van der Waals surface area contributed by atoms with Crippen molar-refractivity contribution in [1.29, 1.82) is 0 Å². The van der Waals surface area contributed by atoms with E-state index in [4.69, 9.17) is 0 Å². The first-order valence-corrected chi connectivity index (χ1v) is 6.24. The Bertz CT molecular complexity index is 153. The molecule has 0 spiro atoms. The molecule has 0 aromatic carbocycles. The maximum Gasteiger partial charge on any atom is 0.140 e. The predicted octanol–water partition coefficient (Wildman–Crippen LogP) is 3.96. The standard InChI is InChI=1S/C12H23B/c1-10(2)7-13-8-11-4-3-5-12(6-11)9-13/h10-12H,3-9H2,1-2H3. The second kappa shape index (κ2) is 4.06. The molecule has 2 aliphatic rings. The van der Waals surface area contributed by atoms with E-state index in [-0.39, 0.29) is 0 Å². The van der Waals surface area contributed by atoms with Gasteiger partial charge in [0.1, 0.15) is 6.71 Å². The zero-order valence-corrected chi connectivity index (χ0v) is 9.26. The summed E-state index contributed by atoms with van der Waals surface area (Å²) >= 11 is 0. The van der Waals surface area contributed by atoms with Gasteiger partial charge < -0.3 is 0 Å². The number of rotatable bonds is 2. The van der Waals surface area contributed by atoms with Crippen molar-refractivity contribution in [3.63, 3.8) is 0 Å². The lowest BCUT2D eigenvalue weighted by atomic mass is 9.33. The Morgan fingerprint density at radius 2 is 1.77 bits per heavy atom. The van der Waals surface area contributed by atoms with Crippen LogP contribution in [-0.4, -0.2) is 6.71 Å². The molecule has 1 heterocycles. The van der Waals surface area contributed by atoms with Crippen molar-refractivity contribution in [2.75, 3.05) is 0 Å². The van der Waals surface area contributed by atoms with E-state index in [1.165, 1.54) is 12.7 Å². The van der Waals surface area contributed by atoms with Gasteiger partial charge in [-0.05, 0) is 18.3 Å². The van der Waals surface area contributed by atoms with E-state index in [1.807, 2.05) is 0 Å². The molecule has 0 aromatic heterocycles. The smallest absolute Gasteiger partial charge is 0.0718 e. The van der Waals surface area contributed by atoms with E-state index < -0.39 is 0 Å². The fraction of sp³-hybridized carbons (Fsp3) is 1.00. The second-order valence-corrected chi connectivity index (χ2v) is 5.87. The summed E-state index contributed by atoms with van der Waals surface area (Å²) in [4.78, 5) is 0. The van der Waals surface area contributed by atoms with Crippen LogP contribution in [0.1, 0.15) is 39.5 Å².